The van der Waals surface area contributed by atoms with E-state index in [4.69, 9.17) is 5.73 Å². The number of nitrogens with zero attached hydrogens (tertiary/aromatic N) is 2. The average Bonchev–Trinajstić information content (AvgIpc) is 3.07. The number of nitrogens with two attached hydrogens (primary N) is 1. The number of pyridine rings is 1. The van der Waals surface area contributed by atoms with Gasteiger partial charge in [-0.25, -0.2) is 4.98 Å². The third-order valence-corrected chi connectivity index (χ3v) is 4.55. The molecule has 0 fully saturated rings. The Morgan fingerprint density at radius 3 is 2.48 bits per heavy atom. The summed E-state index contributed by atoms with van der Waals surface area (Å²) in [4.78, 5) is 16.6. The predicted octanol–water partition coefficient (Wildman–Crippen LogP) is 3.93. The van der Waals surface area contributed by atoms with Crippen LogP contribution in [0.4, 0.5) is 18.9 Å². The van der Waals surface area contributed by atoms with Gasteiger partial charge in [0.25, 0.3) is 5.56 Å². The normalized spacial score (nSPS) is 11.7. The van der Waals surface area contributed by atoms with Gasteiger partial charge in [-0.05, 0) is 18.6 Å². The molecule has 130 valence electrons. The zero-order valence-electron chi connectivity index (χ0n) is 13.2. The van der Waals surface area contributed by atoms with Gasteiger partial charge in [-0.2, -0.15) is 13.2 Å². The van der Waals surface area contributed by atoms with Gasteiger partial charge in [0.2, 0.25) is 0 Å². The van der Waals surface area contributed by atoms with E-state index in [-0.39, 0.29) is 12.2 Å². The molecule has 0 radical (unpaired) electrons. The minimum Gasteiger partial charge on any atom is -0.394 e. The van der Waals surface area contributed by atoms with Crippen LogP contribution in [-0.2, 0) is 12.7 Å². The van der Waals surface area contributed by atoms with Crippen molar-refractivity contribution in [1.29, 1.82) is 0 Å². The number of nitrogen functional groups attached to an aromatic ring is 1. The first-order valence-corrected chi connectivity index (χ1v) is 8.21. The van der Waals surface area contributed by atoms with Crippen molar-refractivity contribution in [2.75, 3.05) is 5.73 Å². The number of thiazole rings is 1. The molecule has 0 aliphatic rings. The molecular weight excluding hydrogens is 351 g/mol. The number of aromatic nitrogens is 2. The summed E-state index contributed by atoms with van der Waals surface area (Å²) in [6.45, 7) is 2.03. The highest BCUT2D eigenvalue weighted by Crippen LogP contribution is 2.35. The lowest BCUT2D eigenvalue weighted by molar-refractivity contribution is -0.137. The standard InChI is InChI=1S/C17H14F3N3OS/c1-10-2-4-11(5-3-10)9-23-13(15-22-6-7-25-15)8-12(17(18,19)20)14(21)16(23)24/h2-8H,9,21H2,1H3. The van der Waals surface area contributed by atoms with Crippen LogP contribution in [0.25, 0.3) is 10.7 Å². The summed E-state index contributed by atoms with van der Waals surface area (Å²) in [5.41, 5.74) is 4.61. The molecule has 0 spiro atoms. The van der Waals surface area contributed by atoms with Crippen LogP contribution in [0.1, 0.15) is 16.7 Å². The zero-order chi connectivity index (χ0) is 18.2. The maximum Gasteiger partial charge on any atom is 0.418 e. The Balaban J connectivity index is 2.21. The number of hydrogen-bond acceptors (Lipinski definition) is 4. The number of hydrogen-bond donors (Lipinski definition) is 1. The molecule has 3 rings (SSSR count). The first-order valence-electron chi connectivity index (χ1n) is 7.33. The molecule has 0 atom stereocenters. The summed E-state index contributed by atoms with van der Waals surface area (Å²) in [6, 6.07) is 8.28. The summed E-state index contributed by atoms with van der Waals surface area (Å²) >= 11 is 1.16. The molecule has 8 heteroatoms. The summed E-state index contributed by atoms with van der Waals surface area (Å²) in [5, 5.41) is 1.97. The lowest BCUT2D eigenvalue weighted by Gasteiger charge is -2.17. The van der Waals surface area contributed by atoms with Gasteiger partial charge in [0.15, 0.2) is 0 Å². The van der Waals surface area contributed by atoms with E-state index in [0.29, 0.717) is 5.01 Å². The summed E-state index contributed by atoms with van der Waals surface area (Å²) in [5.74, 6) is 0. The van der Waals surface area contributed by atoms with Crippen LogP contribution in [-0.4, -0.2) is 9.55 Å². The number of aryl methyl sites for hydroxylation is 1. The Hall–Kier alpha value is -2.61. The molecule has 0 aliphatic heterocycles. The fourth-order valence-electron chi connectivity index (χ4n) is 2.46. The largest absolute Gasteiger partial charge is 0.418 e. The van der Waals surface area contributed by atoms with E-state index in [1.54, 1.807) is 5.38 Å². The van der Waals surface area contributed by atoms with Crippen LogP contribution in [0.2, 0.25) is 0 Å². The Morgan fingerprint density at radius 1 is 1.24 bits per heavy atom. The smallest absolute Gasteiger partial charge is 0.394 e. The second-order valence-corrected chi connectivity index (χ2v) is 6.46. The number of rotatable bonds is 3. The molecule has 2 heterocycles. The van der Waals surface area contributed by atoms with Crippen LogP contribution in [0.3, 0.4) is 0 Å². The topological polar surface area (TPSA) is 60.9 Å². The highest BCUT2D eigenvalue weighted by molar-refractivity contribution is 7.13. The fourth-order valence-corrected chi connectivity index (χ4v) is 3.12. The fraction of sp³-hybridized carbons (Fsp3) is 0.176. The van der Waals surface area contributed by atoms with Gasteiger partial charge in [-0.3, -0.25) is 9.36 Å². The lowest BCUT2D eigenvalue weighted by Crippen LogP contribution is -2.28. The van der Waals surface area contributed by atoms with Crippen molar-refractivity contribution in [3.05, 3.63) is 69.0 Å². The summed E-state index contributed by atoms with van der Waals surface area (Å²) < 4.78 is 40.9. The molecule has 0 amide bonds. The maximum absolute atomic E-state index is 13.2. The van der Waals surface area contributed by atoms with E-state index in [2.05, 4.69) is 4.98 Å². The number of benzene rings is 1. The van der Waals surface area contributed by atoms with E-state index >= 15 is 0 Å². The Morgan fingerprint density at radius 2 is 1.92 bits per heavy atom. The van der Waals surface area contributed by atoms with Crippen LogP contribution in [0.5, 0.6) is 0 Å². The molecule has 0 saturated carbocycles. The van der Waals surface area contributed by atoms with E-state index in [1.807, 2.05) is 31.2 Å². The van der Waals surface area contributed by atoms with Gasteiger partial charge < -0.3 is 5.73 Å². The minimum absolute atomic E-state index is 0.0992. The molecule has 0 unspecified atom stereocenters. The van der Waals surface area contributed by atoms with Gasteiger partial charge in [0.05, 0.1) is 17.8 Å². The first kappa shape index (κ1) is 17.2. The second kappa shape index (κ2) is 6.36. The molecule has 2 aromatic heterocycles. The highest BCUT2D eigenvalue weighted by Gasteiger charge is 2.35. The first-order chi connectivity index (χ1) is 11.8. The monoisotopic (exact) mass is 365 g/mol. The molecular formula is C17H14F3N3OS. The number of halogens is 3. The third kappa shape index (κ3) is 3.43. The van der Waals surface area contributed by atoms with Gasteiger partial charge in [-0.15, -0.1) is 11.3 Å². The molecule has 2 N–H and O–H groups in total. The van der Waals surface area contributed by atoms with Crippen molar-refractivity contribution in [2.24, 2.45) is 0 Å². The van der Waals surface area contributed by atoms with Crippen LogP contribution < -0.4 is 11.3 Å². The Bertz CT molecular complexity index is 945. The minimum atomic E-state index is -4.71. The quantitative estimate of drug-likeness (QED) is 0.765. The molecule has 3 aromatic rings. The molecule has 1 aromatic carbocycles. The van der Waals surface area contributed by atoms with Crippen molar-refractivity contribution in [1.82, 2.24) is 9.55 Å². The summed E-state index contributed by atoms with van der Waals surface area (Å²) in [6.07, 6.45) is -3.23. The molecule has 25 heavy (non-hydrogen) atoms. The summed E-state index contributed by atoms with van der Waals surface area (Å²) in [7, 11) is 0. The van der Waals surface area contributed by atoms with Crippen LogP contribution >= 0.6 is 11.3 Å². The van der Waals surface area contributed by atoms with Crippen molar-refractivity contribution in [2.45, 2.75) is 19.6 Å². The lowest BCUT2D eigenvalue weighted by atomic mass is 10.1. The van der Waals surface area contributed by atoms with Gasteiger partial charge in [0.1, 0.15) is 10.7 Å². The Kier molecular flexibility index (Phi) is 4.38. The van der Waals surface area contributed by atoms with Crippen molar-refractivity contribution >= 4 is 17.0 Å². The van der Waals surface area contributed by atoms with Crippen molar-refractivity contribution in [3.8, 4) is 10.7 Å². The molecule has 0 aliphatic carbocycles. The van der Waals surface area contributed by atoms with Gasteiger partial charge >= 0.3 is 6.18 Å². The van der Waals surface area contributed by atoms with Crippen LogP contribution in [0, 0.1) is 6.92 Å². The van der Waals surface area contributed by atoms with E-state index in [1.165, 1.54) is 10.8 Å². The zero-order valence-corrected chi connectivity index (χ0v) is 14.0. The van der Waals surface area contributed by atoms with Gasteiger partial charge in [0, 0.05) is 11.6 Å². The number of anilines is 1. The Labute approximate surface area is 145 Å². The highest BCUT2D eigenvalue weighted by atomic mass is 32.1. The van der Waals surface area contributed by atoms with E-state index in [0.717, 1.165) is 28.5 Å². The van der Waals surface area contributed by atoms with Crippen molar-refractivity contribution in [3.63, 3.8) is 0 Å². The molecule has 4 nitrogen and oxygen atoms in total. The average molecular weight is 365 g/mol. The SMILES string of the molecule is Cc1ccc(Cn2c(-c3nccs3)cc(C(F)(F)F)c(N)c2=O)cc1. The maximum atomic E-state index is 13.2. The van der Waals surface area contributed by atoms with E-state index in [9.17, 15) is 18.0 Å². The van der Waals surface area contributed by atoms with Crippen molar-refractivity contribution < 1.29 is 13.2 Å². The molecule has 0 bridgehead atoms. The second-order valence-electron chi connectivity index (χ2n) is 5.57. The van der Waals surface area contributed by atoms with E-state index < -0.39 is 23.0 Å². The van der Waals surface area contributed by atoms with Gasteiger partial charge in [-0.1, -0.05) is 29.8 Å². The van der Waals surface area contributed by atoms with Crippen LogP contribution in [0.15, 0.2) is 46.7 Å². The third-order valence-electron chi connectivity index (χ3n) is 3.76. The predicted molar refractivity (Wildman–Crippen MR) is 91.5 cm³/mol. The molecule has 0 saturated heterocycles. The number of alkyl halides is 3.